The molecule has 1 aliphatic rings. The van der Waals surface area contributed by atoms with Crippen LogP contribution in [0.3, 0.4) is 0 Å². The number of halogens is 1. The molecule has 1 heterocycles. The van der Waals surface area contributed by atoms with Gasteiger partial charge in [-0.15, -0.1) is 12.4 Å². The smallest absolute Gasteiger partial charge is 0.119 e. The molecule has 0 aromatic heterocycles. The Labute approximate surface area is 145 Å². The molecular weight excluding hydrogens is 308 g/mol. The van der Waals surface area contributed by atoms with E-state index in [2.05, 4.69) is 65.4 Å². The van der Waals surface area contributed by atoms with Gasteiger partial charge >= 0.3 is 0 Å². The summed E-state index contributed by atoms with van der Waals surface area (Å²) in [5.41, 5.74) is 2.47. The largest absolute Gasteiger partial charge is 0.492 e. The van der Waals surface area contributed by atoms with Gasteiger partial charge in [0.2, 0.25) is 0 Å². The highest BCUT2D eigenvalue weighted by Gasteiger charge is 2.13. The van der Waals surface area contributed by atoms with Crippen LogP contribution in [0.2, 0.25) is 0 Å². The third kappa shape index (κ3) is 5.24. The Morgan fingerprint density at radius 2 is 1.43 bits per heavy atom. The normalized spacial score (nSPS) is 15.9. The van der Waals surface area contributed by atoms with Crippen LogP contribution in [-0.2, 0) is 0 Å². The molecule has 1 saturated heterocycles. The zero-order chi connectivity index (χ0) is 15.2. The predicted molar refractivity (Wildman–Crippen MR) is 98.6 cm³/mol. The van der Waals surface area contributed by atoms with Crippen LogP contribution in [0.1, 0.15) is 0 Å². The highest BCUT2D eigenvalue weighted by molar-refractivity contribution is 5.85. The lowest BCUT2D eigenvalue weighted by molar-refractivity contribution is 0.134. The molecule has 2 aromatic rings. The summed E-state index contributed by atoms with van der Waals surface area (Å²) >= 11 is 0. The quantitative estimate of drug-likeness (QED) is 0.834. The lowest BCUT2D eigenvalue weighted by atomic mass is 10.1. The van der Waals surface area contributed by atoms with Gasteiger partial charge in [0.25, 0.3) is 0 Å². The van der Waals surface area contributed by atoms with Crippen LogP contribution in [0.25, 0.3) is 11.1 Å². The maximum atomic E-state index is 5.87. The summed E-state index contributed by atoms with van der Waals surface area (Å²) in [6.07, 6.45) is 0. The maximum absolute atomic E-state index is 5.87. The van der Waals surface area contributed by atoms with Gasteiger partial charge in [-0.3, -0.25) is 4.90 Å². The molecule has 2 aromatic carbocycles. The van der Waals surface area contributed by atoms with E-state index < -0.39 is 0 Å². The fourth-order valence-corrected chi connectivity index (χ4v) is 2.74. The molecule has 3 rings (SSSR count). The number of hydrogen-bond acceptors (Lipinski definition) is 3. The number of rotatable bonds is 5. The number of likely N-dealkylation sites (N-methyl/N-ethyl adjacent to an activating group) is 1. The second kappa shape index (κ2) is 8.92. The Bertz CT molecular complexity index is 566. The van der Waals surface area contributed by atoms with Crippen LogP contribution in [0, 0.1) is 0 Å². The summed E-state index contributed by atoms with van der Waals surface area (Å²) in [4.78, 5) is 4.85. The van der Waals surface area contributed by atoms with Crippen molar-refractivity contribution >= 4 is 12.4 Å². The van der Waals surface area contributed by atoms with E-state index in [1.165, 1.54) is 11.1 Å². The third-order valence-electron chi connectivity index (χ3n) is 4.23. The van der Waals surface area contributed by atoms with Gasteiger partial charge < -0.3 is 9.64 Å². The van der Waals surface area contributed by atoms with Gasteiger partial charge in [-0.05, 0) is 30.3 Å². The molecule has 0 radical (unpaired) electrons. The van der Waals surface area contributed by atoms with Crippen molar-refractivity contribution in [3.63, 3.8) is 0 Å². The van der Waals surface area contributed by atoms with Gasteiger partial charge in [-0.1, -0.05) is 42.5 Å². The monoisotopic (exact) mass is 332 g/mol. The minimum atomic E-state index is 0. The first-order valence-electron chi connectivity index (χ1n) is 8.00. The molecule has 3 nitrogen and oxygen atoms in total. The van der Waals surface area contributed by atoms with Crippen molar-refractivity contribution in [3.8, 4) is 16.9 Å². The first-order chi connectivity index (χ1) is 10.8. The van der Waals surface area contributed by atoms with Gasteiger partial charge in [0.1, 0.15) is 12.4 Å². The van der Waals surface area contributed by atoms with E-state index in [1.54, 1.807) is 0 Å². The van der Waals surface area contributed by atoms with Crippen LogP contribution in [-0.4, -0.2) is 56.2 Å². The van der Waals surface area contributed by atoms with Crippen molar-refractivity contribution < 1.29 is 4.74 Å². The molecule has 0 N–H and O–H groups in total. The second-order valence-corrected chi connectivity index (χ2v) is 5.88. The molecule has 0 bridgehead atoms. The van der Waals surface area contributed by atoms with Crippen molar-refractivity contribution in [1.82, 2.24) is 9.80 Å². The van der Waals surface area contributed by atoms with Gasteiger partial charge in [0.15, 0.2) is 0 Å². The fraction of sp³-hybridized carbons (Fsp3) is 0.368. The van der Waals surface area contributed by atoms with E-state index in [0.717, 1.165) is 45.1 Å². The van der Waals surface area contributed by atoms with E-state index in [9.17, 15) is 0 Å². The molecule has 0 amide bonds. The molecule has 0 spiro atoms. The molecular formula is C19H25ClN2O. The second-order valence-electron chi connectivity index (χ2n) is 5.88. The van der Waals surface area contributed by atoms with Crippen molar-refractivity contribution in [1.29, 1.82) is 0 Å². The lowest BCUT2D eigenvalue weighted by Crippen LogP contribution is -2.45. The van der Waals surface area contributed by atoms with Gasteiger partial charge in [0, 0.05) is 32.7 Å². The Kier molecular flexibility index (Phi) is 6.90. The molecule has 1 aliphatic heterocycles. The summed E-state index contributed by atoms with van der Waals surface area (Å²) < 4.78 is 5.87. The summed E-state index contributed by atoms with van der Waals surface area (Å²) in [5.74, 6) is 0.953. The summed E-state index contributed by atoms with van der Waals surface area (Å²) in [7, 11) is 2.18. The molecule has 0 saturated carbocycles. The fourth-order valence-electron chi connectivity index (χ4n) is 2.74. The Balaban J connectivity index is 0.00000192. The minimum absolute atomic E-state index is 0. The molecule has 23 heavy (non-hydrogen) atoms. The zero-order valence-electron chi connectivity index (χ0n) is 13.6. The van der Waals surface area contributed by atoms with Crippen LogP contribution in [0.5, 0.6) is 5.75 Å². The molecule has 1 fully saturated rings. The van der Waals surface area contributed by atoms with E-state index in [4.69, 9.17) is 4.74 Å². The summed E-state index contributed by atoms with van der Waals surface area (Å²) in [6, 6.07) is 18.8. The Morgan fingerprint density at radius 3 is 2.09 bits per heavy atom. The number of benzene rings is 2. The number of ether oxygens (including phenoxy) is 1. The highest BCUT2D eigenvalue weighted by Crippen LogP contribution is 2.21. The predicted octanol–water partition coefficient (Wildman–Crippen LogP) is 3.40. The van der Waals surface area contributed by atoms with Gasteiger partial charge in [0.05, 0.1) is 0 Å². The molecule has 0 atom stereocenters. The molecule has 124 valence electrons. The van der Waals surface area contributed by atoms with Crippen molar-refractivity contribution in [2.24, 2.45) is 0 Å². The Hall–Kier alpha value is -1.55. The van der Waals surface area contributed by atoms with E-state index >= 15 is 0 Å². The Morgan fingerprint density at radius 1 is 0.826 bits per heavy atom. The van der Waals surface area contributed by atoms with Crippen LogP contribution in [0.15, 0.2) is 54.6 Å². The molecule has 4 heteroatoms. The topological polar surface area (TPSA) is 15.7 Å². The number of piperazine rings is 1. The van der Waals surface area contributed by atoms with Crippen molar-refractivity contribution in [2.75, 3.05) is 46.4 Å². The van der Waals surface area contributed by atoms with E-state index in [-0.39, 0.29) is 12.4 Å². The lowest BCUT2D eigenvalue weighted by Gasteiger charge is -2.32. The average molecular weight is 333 g/mol. The zero-order valence-corrected chi connectivity index (χ0v) is 14.5. The van der Waals surface area contributed by atoms with Crippen molar-refractivity contribution in [2.45, 2.75) is 0 Å². The highest BCUT2D eigenvalue weighted by atomic mass is 35.5. The standard InChI is InChI=1S/C19H24N2O.ClH/c1-20-11-13-21(14-12-20)15-16-22-19-9-7-18(8-10-19)17-5-3-2-4-6-17;/h2-10H,11-16H2,1H3;1H. The third-order valence-corrected chi connectivity index (χ3v) is 4.23. The minimum Gasteiger partial charge on any atom is -0.492 e. The maximum Gasteiger partial charge on any atom is 0.119 e. The molecule has 0 unspecified atom stereocenters. The van der Waals surface area contributed by atoms with E-state index in [0.29, 0.717) is 0 Å². The number of hydrogen-bond donors (Lipinski definition) is 0. The van der Waals surface area contributed by atoms with Crippen molar-refractivity contribution in [3.05, 3.63) is 54.6 Å². The van der Waals surface area contributed by atoms with Gasteiger partial charge in [-0.25, -0.2) is 0 Å². The summed E-state index contributed by atoms with van der Waals surface area (Å²) in [5, 5.41) is 0. The van der Waals surface area contributed by atoms with Crippen LogP contribution < -0.4 is 4.74 Å². The van der Waals surface area contributed by atoms with E-state index in [1.807, 2.05) is 6.07 Å². The first kappa shape index (κ1) is 17.8. The average Bonchev–Trinajstić information content (AvgIpc) is 2.58. The van der Waals surface area contributed by atoms with Crippen LogP contribution in [0.4, 0.5) is 0 Å². The number of nitrogens with zero attached hydrogens (tertiary/aromatic N) is 2. The SMILES string of the molecule is CN1CCN(CCOc2ccc(-c3ccccc3)cc2)CC1.Cl. The van der Waals surface area contributed by atoms with Crippen LogP contribution >= 0.6 is 12.4 Å². The molecule has 0 aliphatic carbocycles. The first-order valence-corrected chi connectivity index (χ1v) is 8.00. The van der Waals surface area contributed by atoms with Gasteiger partial charge in [-0.2, -0.15) is 0 Å². The summed E-state index contributed by atoms with van der Waals surface area (Å²) in [6.45, 7) is 6.37.